The summed E-state index contributed by atoms with van der Waals surface area (Å²) in [5, 5.41) is 14.8. The highest BCUT2D eigenvalue weighted by Gasteiger charge is 2.22. The highest BCUT2D eigenvalue weighted by atomic mass is 32.1. The predicted molar refractivity (Wildman–Crippen MR) is 109 cm³/mol. The van der Waals surface area contributed by atoms with Gasteiger partial charge < -0.3 is 15.4 Å². The molecule has 0 saturated carbocycles. The Morgan fingerprint density at radius 1 is 1.36 bits per heavy atom. The summed E-state index contributed by atoms with van der Waals surface area (Å²) in [4.78, 5) is 21.8. The Morgan fingerprint density at radius 3 is 2.89 bits per heavy atom. The number of thiazole rings is 1. The minimum Gasteiger partial charge on any atom is -0.381 e. The van der Waals surface area contributed by atoms with Crippen molar-refractivity contribution in [1.29, 1.82) is 0 Å². The Bertz CT molecular complexity index is 976. The van der Waals surface area contributed by atoms with Crippen molar-refractivity contribution in [3.63, 3.8) is 0 Å². The van der Waals surface area contributed by atoms with E-state index >= 15 is 0 Å². The molecule has 0 aromatic carbocycles. The fraction of sp³-hybridized carbons (Fsp3) is 0.474. The molecule has 28 heavy (non-hydrogen) atoms. The minimum absolute atomic E-state index is 0.168. The summed E-state index contributed by atoms with van der Waals surface area (Å²) in [6, 6.07) is 0.261. The normalized spacial score (nSPS) is 15.1. The molecule has 4 rings (SSSR count). The highest BCUT2D eigenvalue weighted by molar-refractivity contribution is 7.09. The number of amides is 1. The summed E-state index contributed by atoms with van der Waals surface area (Å²) in [5.41, 5.74) is 2.97. The molecule has 0 bridgehead atoms. The van der Waals surface area contributed by atoms with Gasteiger partial charge >= 0.3 is 0 Å². The number of aryl methyl sites for hydroxylation is 2. The van der Waals surface area contributed by atoms with Crippen LogP contribution in [-0.4, -0.2) is 44.9 Å². The summed E-state index contributed by atoms with van der Waals surface area (Å²) in [5.74, 6) is -0.168. The second-order valence-electron chi connectivity index (χ2n) is 6.82. The van der Waals surface area contributed by atoms with E-state index in [4.69, 9.17) is 4.74 Å². The molecule has 1 aliphatic heterocycles. The van der Waals surface area contributed by atoms with Crippen LogP contribution >= 0.6 is 11.3 Å². The number of anilines is 1. The maximum atomic E-state index is 12.9. The summed E-state index contributed by atoms with van der Waals surface area (Å²) in [7, 11) is 0. The first kappa shape index (κ1) is 18.8. The molecule has 1 amide bonds. The number of fused-ring (bicyclic) bond motifs is 1. The van der Waals surface area contributed by atoms with E-state index in [1.165, 1.54) is 0 Å². The molecule has 148 valence electrons. The van der Waals surface area contributed by atoms with E-state index in [1.54, 1.807) is 23.7 Å². The number of pyridine rings is 1. The van der Waals surface area contributed by atoms with Crippen molar-refractivity contribution >= 4 is 34.0 Å². The van der Waals surface area contributed by atoms with E-state index < -0.39 is 0 Å². The van der Waals surface area contributed by atoms with Crippen molar-refractivity contribution in [2.24, 2.45) is 0 Å². The third-order valence-electron chi connectivity index (χ3n) is 4.88. The Hall–Kier alpha value is -2.52. The number of rotatable bonds is 6. The van der Waals surface area contributed by atoms with Crippen molar-refractivity contribution in [1.82, 2.24) is 25.1 Å². The lowest BCUT2D eigenvalue weighted by Gasteiger charge is -2.25. The second kappa shape index (κ2) is 8.24. The highest BCUT2D eigenvalue weighted by Crippen LogP contribution is 2.28. The minimum atomic E-state index is -0.168. The zero-order valence-corrected chi connectivity index (χ0v) is 16.9. The number of hydrogen-bond donors (Lipinski definition) is 2. The average Bonchev–Trinajstić information content (AvgIpc) is 3.33. The van der Waals surface area contributed by atoms with Crippen LogP contribution in [0, 0.1) is 6.92 Å². The van der Waals surface area contributed by atoms with Gasteiger partial charge in [-0.25, -0.2) is 14.6 Å². The molecule has 4 heterocycles. The fourth-order valence-corrected chi connectivity index (χ4v) is 4.00. The Balaban J connectivity index is 1.63. The van der Waals surface area contributed by atoms with Crippen LogP contribution in [0.3, 0.4) is 0 Å². The van der Waals surface area contributed by atoms with Gasteiger partial charge in [0, 0.05) is 37.4 Å². The van der Waals surface area contributed by atoms with Gasteiger partial charge in [-0.05, 0) is 26.7 Å². The topological polar surface area (TPSA) is 94.0 Å². The van der Waals surface area contributed by atoms with E-state index in [9.17, 15) is 4.79 Å². The molecule has 0 atom stereocenters. The quantitative estimate of drug-likeness (QED) is 0.661. The molecule has 8 nitrogen and oxygen atoms in total. The maximum absolute atomic E-state index is 12.9. The number of hydrogen-bond acceptors (Lipinski definition) is 7. The third-order valence-corrected chi connectivity index (χ3v) is 5.70. The zero-order valence-electron chi connectivity index (χ0n) is 16.1. The molecule has 0 aliphatic carbocycles. The number of nitrogens with one attached hydrogen (secondary N) is 2. The lowest BCUT2D eigenvalue weighted by molar-refractivity contribution is 0.0904. The molecule has 1 saturated heterocycles. The van der Waals surface area contributed by atoms with E-state index in [0.717, 1.165) is 60.0 Å². The lowest BCUT2D eigenvalue weighted by atomic mass is 10.1. The van der Waals surface area contributed by atoms with Gasteiger partial charge in [0.15, 0.2) is 5.65 Å². The molecule has 3 aromatic heterocycles. The van der Waals surface area contributed by atoms with Crippen LogP contribution in [0.1, 0.15) is 40.8 Å². The van der Waals surface area contributed by atoms with Crippen LogP contribution in [0.2, 0.25) is 0 Å². The molecule has 3 aromatic rings. The van der Waals surface area contributed by atoms with E-state index in [2.05, 4.69) is 25.7 Å². The maximum Gasteiger partial charge on any atom is 0.255 e. The van der Waals surface area contributed by atoms with Crippen molar-refractivity contribution in [3.05, 3.63) is 34.0 Å². The van der Waals surface area contributed by atoms with Crippen LogP contribution in [-0.2, 0) is 17.8 Å². The number of carbonyl (C=O) groups is 1. The molecule has 2 N–H and O–H groups in total. The number of nitrogens with zero attached hydrogens (tertiary/aromatic N) is 4. The summed E-state index contributed by atoms with van der Waals surface area (Å²) in [6.07, 6.45) is 5.24. The third kappa shape index (κ3) is 3.85. The van der Waals surface area contributed by atoms with Gasteiger partial charge in [0.25, 0.3) is 5.91 Å². The zero-order chi connectivity index (χ0) is 19.5. The molecule has 9 heteroatoms. The van der Waals surface area contributed by atoms with Gasteiger partial charge in [0.2, 0.25) is 0 Å². The number of carbonyl (C=O) groups excluding carboxylic acids is 1. The van der Waals surface area contributed by atoms with E-state index in [0.29, 0.717) is 12.1 Å². The molecule has 0 unspecified atom stereocenters. The smallest absolute Gasteiger partial charge is 0.255 e. The predicted octanol–water partition coefficient (Wildman–Crippen LogP) is 2.74. The molecule has 0 radical (unpaired) electrons. The van der Waals surface area contributed by atoms with Crippen LogP contribution in [0.15, 0.2) is 17.8 Å². The summed E-state index contributed by atoms with van der Waals surface area (Å²) < 4.78 is 7.30. The largest absolute Gasteiger partial charge is 0.381 e. The Kier molecular flexibility index (Phi) is 5.54. The van der Waals surface area contributed by atoms with Crippen molar-refractivity contribution < 1.29 is 9.53 Å². The fourth-order valence-electron chi connectivity index (χ4n) is 3.39. The van der Waals surface area contributed by atoms with Crippen LogP contribution < -0.4 is 10.6 Å². The molecular weight excluding hydrogens is 376 g/mol. The van der Waals surface area contributed by atoms with Gasteiger partial charge in [0.05, 0.1) is 40.1 Å². The van der Waals surface area contributed by atoms with Crippen molar-refractivity contribution in [3.8, 4) is 0 Å². The van der Waals surface area contributed by atoms with Gasteiger partial charge in [-0.1, -0.05) is 0 Å². The van der Waals surface area contributed by atoms with Gasteiger partial charge in [0.1, 0.15) is 0 Å². The molecule has 0 spiro atoms. The molecule has 1 fully saturated rings. The van der Waals surface area contributed by atoms with Gasteiger partial charge in [-0.2, -0.15) is 5.10 Å². The summed E-state index contributed by atoms with van der Waals surface area (Å²) in [6.45, 7) is 6.55. The number of aromatic nitrogens is 4. The Morgan fingerprint density at radius 2 is 2.18 bits per heavy atom. The Labute approximate surface area is 167 Å². The van der Waals surface area contributed by atoms with E-state index in [1.807, 2.05) is 23.9 Å². The standard InChI is InChI=1S/C19H24N6O2S/c1-3-25-18-15(10-22-25)17(24-13-4-6-27-7-5-13)16(9-20-18)19(26)21-8-14-11-28-12(2)23-14/h9-11,13H,3-8H2,1-2H3,(H,20,24)(H,21,26). The van der Waals surface area contributed by atoms with E-state index in [-0.39, 0.29) is 11.9 Å². The second-order valence-corrected chi connectivity index (χ2v) is 7.88. The molecular formula is C19H24N6O2S. The molecule has 1 aliphatic rings. The van der Waals surface area contributed by atoms with Crippen LogP contribution in [0.5, 0.6) is 0 Å². The number of ether oxygens (including phenoxy) is 1. The SMILES string of the molecule is CCn1ncc2c(NC3CCOCC3)c(C(=O)NCc3csc(C)n3)cnc21. The average molecular weight is 401 g/mol. The van der Waals surface area contributed by atoms with Gasteiger partial charge in [-0.3, -0.25) is 4.79 Å². The first-order valence-corrected chi connectivity index (χ1v) is 10.4. The lowest BCUT2D eigenvalue weighted by Crippen LogP contribution is -2.30. The summed E-state index contributed by atoms with van der Waals surface area (Å²) >= 11 is 1.58. The first-order valence-electron chi connectivity index (χ1n) is 9.53. The first-order chi connectivity index (χ1) is 13.7. The van der Waals surface area contributed by atoms with Crippen LogP contribution in [0.4, 0.5) is 5.69 Å². The van der Waals surface area contributed by atoms with Crippen LogP contribution in [0.25, 0.3) is 11.0 Å². The van der Waals surface area contributed by atoms with Crippen molar-refractivity contribution in [2.75, 3.05) is 18.5 Å². The van der Waals surface area contributed by atoms with Gasteiger partial charge in [-0.15, -0.1) is 11.3 Å². The monoisotopic (exact) mass is 400 g/mol. The van der Waals surface area contributed by atoms with Crippen molar-refractivity contribution in [2.45, 2.75) is 45.8 Å².